The van der Waals surface area contributed by atoms with Crippen LogP contribution in [0, 0.1) is 0 Å². The zero-order valence-corrected chi connectivity index (χ0v) is 17.4. The van der Waals surface area contributed by atoms with E-state index in [0.29, 0.717) is 38.4 Å². The van der Waals surface area contributed by atoms with Gasteiger partial charge in [-0.25, -0.2) is 13.4 Å². The second-order valence-corrected chi connectivity index (χ2v) is 9.96. The Labute approximate surface area is 173 Å². The van der Waals surface area contributed by atoms with Crippen molar-refractivity contribution in [3.8, 4) is 0 Å². The predicted molar refractivity (Wildman–Crippen MR) is 106 cm³/mol. The minimum Gasteiger partial charge on any atom is -0.368 e. The summed E-state index contributed by atoms with van der Waals surface area (Å²) in [7, 11) is -4.30. The minimum absolute atomic E-state index is 0.340. The lowest BCUT2D eigenvalue weighted by molar-refractivity contribution is -0.138. The molecule has 0 saturated carbocycles. The first kappa shape index (κ1) is 22.1. The topological polar surface area (TPSA) is 70.6 Å². The number of hydrogen-bond donors (Lipinski definition) is 0. The lowest BCUT2D eigenvalue weighted by Gasteiger charge is -2.39. The lowest BCUT2D eigenvalue weighted by atomic mass is 10.1. The third kappa shape index (κ3) is 4.14. The quantitative estimate of drug-likeness (QED) is 0.730. The first-order chi connectivity index (χ1) is 13.9. The van der Waals surface area contributed by atoms with Gasteiger partial charge < -0.3 is 9.80 Å². The molecule has 0 radical (unpaired) electrons. The van der Waals surface area contributed by atoms with Gasteiger partial charge in [0.25, 0.3) is 0 Å². The van der Waals surface area contributed by atoms with E-state index in [9.17, 15) is 26.4 Å². The molecule has 2 heterocycles. The fourth-order valence-corrected chi connectivity index (χ4v) is 4.59. The van der Waals surface area contributed by atoms with Crippen LogP contribution in [-0.2, 0) is 20.8 Å². The Morgan fingerprint density at radius 3 is 2.07 bits per heavy atom. The van der Waals surface area contributed by atoms with Crippen LogP contribution in [0.4, 0.5) is 18.9 Å². The number of halogens is 3. The van der Waals surface area contributed by atoms with Gasteiger partial charge in [-0.1, -0.05) is 18.2 Å². The average molecular weight is 441 g/mol. The summed E-state index contributed by atoms with van der Waals surface area (Å²) in [6.07, 6.45) is -4.16. The molecule has 162 valence electrons. The molecule has 6 nitrogen and oxygen atoms in total. The zero-order valence-electron chi connectivity index (χ0n) is 16.6. The number of pyridine rings is 1. The van der Waals surface area contributed by atoms with Crippen molar-refractivity contribution in [3.63, 3.8) is 0 Å². The van der Waals surface area contributed by atoms with E-state index >= 15 is 0 Å². The van der Waals surface area contributed by atoms with Crippen molar-refractivity contribution in [2.75, 3.05) is 31.1 Å². The van der Waals surface area contributed by atoms with Crippen LogP contribution in [0.15, 0.2) is 53.7 Å². The van der Waals surface area contributed by atoms with Crippen LogP contribution in [0.25, 0.3) is 0 Å². The fraction of sp³-hybridized carbons (Fsp3) is 0.400. The van der Waals surface area contributed by atoms with Gasteiger partial charge in [-0.15, -0.1) is 0 Å². The molecular formula is C20H22F3N3O3S. The van der Waals surface area contributed by atoms with Gasteiger partial charge in [0.15, 0.2) is 9.77 Å². The Kier molecular flexibility index (Phi) is 5.81. The van der Waals surface area contributed by atoms with E-state index in [1.165, 1.54) is 18.7 Å². The van der Waals surface area contributed by atoms with Gasteiger partial charge in [-0.2, -0.15) is 13.2 Å². The molecule has 1 aliphatic rings. The van der Waals surface area contributed by atoms with Crippen LogP contribution < -0.4 is 4.90 Å². The van der Waals surface area contributed by atoms with Crippen LogP contribution in [-0.4, -0.2) is 55.1 Å². The van der Waals surface area contributed by atoms with Crippen LogP contribution in [0.5, 0.6) is 0 Å². The van der Waals surface area contributed by atoms with E-state index < -0.39 is 37.3 Å². The van der Waals surface area contributed by atoms with Crippen molar-refractivity contribution < 1.29 is 26.4 Å². The molecule has 1 aromatic carbocycles. The molecule has 10 heteroatoms. The largest absolute Gasteiger partial charge is 0.417 e. The van der Waals surface area contributed by atoms with Crippen molar-refractivity contribution in [1.29, 1.82) is 0 Å². The van der Waals surface area contributed by atoms with Gasteiger partial charge in [0.1, 0.15) is 0 Å². The molecule has 1 aromatic heterocycles. The zero-order chi connectivity index (χ0) is 22.2. The summed E-state index contributed by atoms with van der Waals surface area (Å²) in [6.45, 7) is 4.29. The van der Waals surface area contributed by atoms with Crippen LogP contribution >= 0.6 is 0 Å². The molecule has 0 aliphatic carbocycles. The van der Waals surface area contributed by atoms with E-state index in [0.717, 1.165) is 11.8 Å². The highest BCUT2D eigenvalue weighted by atomic mass is 32.2. The number of hydrogen-bond acceptors (Lipinski definition) is 5. The molecule has 0 bridgehead atoms. The molecule has 1 amide bonds. The maximum absolute atomic E-state index is 13.0. The summed E-state index contributed by atoms with van der Waals surface area (Å²) >= 11 is 0. The third-order valence-electron chi connectivity index (χ3n) is 5.21. The minimum atomic E-state index is -4.63. The number of carbonyl (C=O) groups is 1. The molecule has 30 heavy (non-hydrogen) atoms. The Hall–Kier alpha value is -2.62. The van der Waals surface area contributed by atoms with Gasteiger partial charge in [0.05, 0.1) is 5.56 Å². The number of benzene rings is 1. The number of sulfone groups is 1. The first-order valence-corrected chi connectivity index (χ1v) is 10.8. The predicted octanol–water partition coefficient (Wildman–Crippen LogP) is 3.00. The summed E-state index contributed by atoms with van der Waals surface area (Å²) in [5, 5.41) is -0.559. The number of nitrogens with zero attached hydrogens (tertiary/aromatic N) is 3. The first-order valence-electron chi connectivity index (χ1n) is 9.32. The summed E-state index contributed by atoms with van der Waals surface area (Å²) in [5.41, 5.74) is -0.0342. The number of amides is 1. The Bertz CT molecular complexity index is 999. The summed E-state index contributed by atoms with van der Waals surface area (Å²) in [6, 6.07) is 11.1. The summed E-state index contributed by atoms with van der Waals surface area (Å²) < 4.78 is 62.3. The molecule has 3 rings (SSSR count). The molecule has 0 spiro atoms. The van der Waals surface area contributed by atoms with E-state index in [4.69, 9.17) is 0 Å². The van der Waals surface area contributed by atoms with E-state index in [2.05, 4.69) is 9.88 Å². The number of para-hydroxylation sites is 1. The molecular weight excluding hydrogens is 419 g/mol. The Balaban J connectivity index is 1.75. The average Bonchev–Trinajstić information content (AvgIpc) is 2.73. The third-order valence-corrected chi connectivity index (χ3v) is 7.52. The highest BCUT2D eigenvalue weighted by Crippen LogP contribution is 2.31. The highest BCUT2D eigenvalue weighted by molar-refractivity contribution is 7.93. The van der Waals surface area contributed by atoms with Gasteiger partial charge in [-0.3, -0.25) is 4.79 Å². The lowest BCUT2D eigenvalue weighted by Crippen LogP contribution is -2.56. The SMILES string of the molecule is CC(C)(C(=O)N1CCN(c2ccccc2)CC1)S(=O)(=O)c1ccc(C(F)(F)F)cn1. The second-order valence-electron chi connectivity index (χ2n) is 7.51. The second kappa shape index (κ2) is 7.90. The van der Waals surface area contributed by atoms with Crippen LogP contribution in [0.3, 0.4) is 0 Å². The Morgan fingerprint density at radius 1 is 0.967 bits per heavy atom. The number of carbonyl (C=O) groups excluding carboxylic acids is 1. The molecule has 1 saturated heterocycles. The number of anilines is 1. The molecule has 1 aliphatic heterocycles. The van der Waals surface area contributed by atoms with Crippen molar-refractivity contribution in [1.82, 2.24) is 9.88 Å². The maximum Gasteiger partial charge on any atom is 0.417 e. The van der Waals surface area contributed by atoms with Crippen molar-refractivity contribution >= 4 is 21.4 Å². The van der Waals surface area contributed by atoms with Gasteiger partial charge in [0.2, 0.25) is 15.7 Å². The number of aromatic nitrogens is 1. The molecule has 0 atom stereocenters. The number of rotatable bonds is 4. The van der Waals surface area contributed by atoms with Crippen LogP contribution in [0.2, 0.25) is 0 Å². The normalized spacial score (nSPS) is 15.9. The monoisotopic (exact) mass is 441 g/mol. The van der Waals surface area contributed by atoms with E-state index in [1.807, 2.05) is 30.3 Å². The van der Waals surface area contributed by atoms with Gasteiger partial charge in [-0.05, 0) is 38.1 Å². The summed E-state index contributed by atoms with van der Waals surface area (Å²) in [4.78, 5) is 20.1. The standard InChI is InChI=1S/C20H22F3N3O3S/c1-19(2,30(28,29)17-9-8-15(14-24-17)20(21,22)23)18(27)26-12-10-25(11-13-26)16-6-4-3-5-7-16/h3-9,14H,10-13H2,1-2H3. The van der Waals surface area contributed by atoms with Crippen molar-refractivity contribution in [2.24, 2.45) is 0 Å². The fourth-order valence-electron chi connectivity index (χ4n) is 3.27. The molecule has 1 fully saturated rings. The molecule has 0 unspecified atom stereocenters. The maximum atomic E-state index is 13.0. The number of alkyl halides is 3. The Morgan fingerprint density at radius 2 is 1.57 bits per heavy atom. The van der Waals surface area contributed by atoms with Crippen molar-refractivity contribution in [3.05, 3.63) is 54.2 Å². The van der Waals surface area contributed by atoms with Crippen molar-refractivity contribution in [2.45, 2.75) is 29.8 Å². The van der Waals surface area contributed by atoms with E-state index in [1.54, 1.807) is 0 Å². The highest BCUT2D eigenvalue weighted by Gasteiger charge is 2.46. The molecule has 0 N–H and O–H groups in total. The van der Waals surface area contributed by atoms with Gasteiger partial charge in [0, 0.05) is 38.1 Å². The van der Waals surface area contributed by atoms with Crippen LogP contribution in [0.1, 0.15) is 19.4 Å². The molecule has 2 aromatic rings. The number of piperazine rings is 1. The van der Waals surface area contributed by atoms with E-state index in [-0.39, 0.29) is 0 Å². The van der Waals surface area contributed by atoms with Gasteiger partial charge >= 0.3 is 6.18 Å². The smallest absolute Gasteiger partial charge is 0.368 e. The summed E-state index contributed by atoms with van der Waals surface area (Å²) in [5.74, 6) is -0.600.